The predicted molar refractivity (Wildman–Crippen MR) is 107 cm³/mol. The lowest BCUT2D eigenvalue weighted by molar-refractivity contribution is -0.158. The van der Waals surface area contributed by atoms with Crippen molar-refractivity contribution in [3.63, 3.8) is 0 Å². The molecule has 1 saturated carbocycles. The van der Waals surface area contributed by atoms with Crippen LogP contribution in [0.25, 0.3) is 0 Å². The monoisotopic (exact) mass is 406 g/mol. The number of nitrogens with one attached hydrogen (secondary N) is 2. The standard InChI is InChI=1S/C21H30N2O6/c1-15(24)23-21(10-5-4-6-11-21)20(26)29-14-19(25)22-12-9-16-7-8-17(27-2)18(13-16)28-3/h7-8,13H,4-6,9-12,14H2,1-3H3,(H,22,25)(H,23,24). The van der Waals surface area contributed by atoms with Crippen molar-refractivity contribution >= 4 is 17.8 Å². The lowest BCUT2D eigenvalue weighted by Gasteiger charge is -2.35. The molecule has 1 aromatic carbocycles. The topological polar surface area (TPSA) is 103 Å². The van der Waals surface area contributed by atoms with E-state index in [0.717, 1.165) is 24.8 Å². The SMILES string of the molecule is COc1ccc(CCNC(=O)COC(=O)C2(NC(C)=O)CCCCC2)cc1OC. The zero-order chi connectivity index (χ0) is 21.3. The molecule has 0 saturated heterocycles. The number of benzene rings is 1. The molecule has 0 aromatic heterocycles. The summed E-state index contributed by atoms with van der Waals surface area (Å²) in [7, 11) is 3.14. The molecule has 1 aliphatic rings. The summed E-state index contributed by atoms with van der Waals surface area (Å²) >= 11 is 0. The second-order valence-electron chi connectivity index (χ2n) is 7.19. The van der Waals surface area contributed by atoms with Crippen molar-refractivity contribution in [3.8, 4) is 11.5 Å². The van der Waals surface area contributed by atoms with Gasteiger partial charge in [-0.25, -0.2) is 4.79 Å². The van der Waals surface area contributed by atoms with Gasteiger partial charge in [0.1, 0.15) is 5.54 Å². The van der Waals surface area contributed by atoms with Crippen LogP contribution in [0.2, 0.25) is 0 Å². The number of esters is 1. The van der Waals surface area contributed by atoms with E-state index in [4.69, 9.17) is 14.2 Å². The molecule has 160 valence electrons. The molecular weight excluding hydrogens is 376 g/mol. The summed E-state index contributed by atoms with van der Waals surface area (Å²) in [5, 5.41) is 5.47. The van der Waals surface area contributed by atoms with Crippen molar-refractivity contribution in [3.05, 3.63) is 23.8 Å². The van der Waals surface area contributed by atoms with E-state index >= 15 is 0 Å². The van der Waals surface area contributed by atoms with Crippen LogP contribution in [0.4, 0.5) is 0 Å². The summed E-state index contributed by atoms with van der Waals surface area (Å²) in [5.74, 6) is 0.0716. The highest BCUT2D eigenvalue weighted by molar-refractivity contribution is 5.89. The third-order valence-corrected chi connectivity index (χ3v) is 5.03. The lowest BCUT2D eigenvalue weighted by Crippen LogP contribution is -2.56. The molecule has 8 nitrogen and oxygen atoms in total. The van der Waals surface area contributed by atoms with Crippen molar-refractivity contribution in [1.82, 2.24) is 10.6 Å². The lowest BCUT2D eigenvalue weighted by atomic mass is 9.81. The van der Waals surface area contributed by atoms with E-state index < -0.39 is 11.5 Å². The molecule has 29 heavy (non-hydrogen) atoms. The Labute approximate surface area is 171 Å². The Morgan fingerprint density at radius 2 is 1.72 bits per heavy atom. The molecule has 0 radical (unpaired) electrons. The average Bonchev–Trinajstić information content (AvgIpc) is 2.72. The zero-order valence-electron chi connectivity index (χ0n) is 17.3. The second-order valence-corrected chi connectivity index (χ2v) is 7.19. The van der Waals surface area contributed by atoms with Crippen LogP contribution in [0.5, 0.6) is 11.5 Å². The van der Waals surface area contributed by atoms with Crippen molar-refractivity contribution in [1.29, 1.82) is 0 Å². The molecule has 2 N–H and O–H groups in total. The van der Waals surface area contributed by atoms with Gasteiger partial charge in [-0.1, -0.05) is 25.3 Å². The van der Waals surface area contributed by atoms with Gasteiger partial charge in [0.05, 0.1) is 14.2 Å². The first-order chi connectivity index (χ1) is 13.9. The number of hydrogen-bond acceptors (Lipinski definition) is 6. The van der Waals surface area contributed by atoms with Crippen molar-refractivity contribution in [2.45, 2.75) is 51.0 Å². The minimum Gasteiger partial charge on any atom is -0.493 e. The highest BCUT2D eigenvalue weighted by Crippen LogP contribution is 2.29. The molecule has 0 aliphatic heterocycles. The molecular formula is C21H30N2O6. The molecule has 2 rings (SSSR count). The summed E-state index contributed by atoms with van der Waals surface area (Å²) in [5.41, 5.74) is -0.0314. The van der Waals surface area contributed by atoms with Crippen molar-refractivity contribution in [2.75, 3.05) is 27.4 Å². The minimum atomic E-state index is -1.01. The van der Waals surface area contributed by atoms with E-state index in [2.05, 4.69) is 10.6 Å². The largest absolute Gasteiger partial charge is 0.493 e. The van der Waals surface area contributed by atoms with Gasteiger partial charge < -0.3 is 24.8 Å². The molecule has 8 heteroatoms. The first-order valence-corrected chi connectivity index (χ1v) is 9.84. The van der Waals surface area contributed by atoms with E-state index in [1.165, 1.54) is 6.92 Å². The van der Waals surface area contributed by atoms with Gasteiger partial charge >= 0.3 is 5.97 Å². The highest BCUT2D eigenvalue weighted by Gasteiger charge is 2.41. The fourth-order valence-corrected chi connectivity index (χ4v) is 3.58. The molecule has 0 atom stereocenters. The van der Waals surface area contributed by atoms with Crippen LogP contribution >= 0.6 is 0 Å². The van der Waals surface area contributed by atoms with Gasteiger partial charge in [0, 0.05) is 13.5 Å². The third-order valence-electron chi connectivity index (χ3n) is 5.03. The van der Waals surface area contributed by atoms with Crippen LogP contribution in [-0.4, -0.2) is 50.7 Å². The Hall–Kier alpha value is -2.77. The molecule has 1 aliphatic carbocycles. The highest BCUT2D eigenvalue weighted by atomic mass is 16.5. The van der Waals surface area contributed by atoms with Gasteiger partial charge in [-0.3, -0.25) is 9.59 Å². The van der Waals surface area contributed by atoms with Gasteiger partial charge in [0.25, 0.3) is 5.91 Å². The summed E-state index contributed by atoms with van der Waals surface area (Å²) in [4.78, 5) is 36.1. The summed E-state index contributed by atoms with van der Waals surface area (Å²) in [6.07, 6.45) is 4.36. The van der Waals surface area contributed by atoms with Crippen LogP contribution in [0.1, 0.15) is 44.6 Å². The fourth-order valence-electron chi connectivity index (χ4n) is 3.58. The Bertz CT molecular complexity index is 728. The normalized spacial score (nSPS) is 15.1. The van der Waals surface area contributed by atoms with E-state index in [1.54, 1.807) is 14.2 Å². The molecule has 0 unspecified atom stereocenters. The van der Waals surface area contributed by atoms with Crippen molar-refractivity contribution in [2.24, 2.45) is 0 Å². The van der Waals surface area contributed by atoms with Gasteiger partial charge in [0.2, 0.25) is 5.91 Å². The maximum atomic E-state index is 12.5. The Morgan fingerprint density at radius 3 is 2.34 bits per heavy atom. The van der Waals surface area contributed by atoms with E-state index in [9.17, 15) is 14.4 Å². The number of ether oxygens (including phenoxy) is 3. The van der Waals surface area contributed by atoms with E-state index in [-0.39, 0.29) is 18.4 Å². The quantitative estimate of drug-likeness (QED) is 0.606. The number of methoxy groups -OCH3 is 2. The van der Waals surface area contributed by atoms with Crippen LogP contribution < -0.4 is 20.1 Å². The summed E-state index contributed by atoms with van der Waals surface area (Å²) in [6, 6.07) is 5.56. The maximum absolute atomic E-state index is 12.5. The maximum Gasteiger partial charge on any atom is 0.332 e. The number of carbonyl (C=O) groups excluding carboxylic acids is 3. The molecule has 0 heterocycles. The first kappa shape index (κ1) is 22.5. The smallest absolute Gasteiger partial charge is 0.332 e. The van der Waals surface area contributed by atoms with Gasteiger partial charge in [-0.05, 0) is 37.0 Å². The Balaban J connectivity index is 1.80. The average molecular weight is 406 g/mol. The van der Waals surface area contributed by atoms with Gasteiger partial charge in [-0.2, -0.15) is 0 Å². The van der Waals surface area contributed by atoms with Crippen LogP contribution in [0.15, 0.2) is 18.2 Å². The Kier molecular flexibility index (Phi) is 8.30. The van der Waals surface area contributed by atoms with Gasteiger partial charge in [0.15, 0.2) is 18.1 Å². The number of hydrogen-bond donors (Lipinski definition) is 2. The minimum absolute atomic E-state index is 0.275. The van der Waals surface area contributed by atoms with Crippen LogP contribution in [0, 0.1) is 0 Å². The first-order valence-electron chi connectivity index (χ1n) is 9.84. The third kappa shape index (κ3) is 6.37. The molecule has 0 spiro atoms. The number of rotatable bonds is 9. The molecule has 1 aromatic rings. The van der Waals surface area contributed by atoms with Gasteiger partial charge in [-0.15, -0.1) is 0 Å². The molecule has 2 amide bonds. The van der Waals surface area contributed by atoms with Crippen LogP contribution in [0.3, 0.4) is 0 Å². The van der Waals surface area contributed by atoms with E-state index in [1.807, 2.05) is 18.2 Å². The number of carbonyl (C=O) groups is 3. The van der Waals surface area contributed by atoms with E-state index in [0.29, 0.717) is 37.3 Å². The fraction of sp³-hybridized carbons (Fsp3) is 0.571. The molecule has 1 fully saturated rings. The summed E-state index contributed by atoms with van der Waals surface area (Å²) in [6.45, 7) is 1.40. The predicted octanol–water partition coefficient (Wildman–Crippen LogP) is 1.74. The summed E-state index contributed by atoms with van der Waals surface area (Å²) < 4.78 is 15.7. The Morgan fingerprint density at radius 1 is 1.03 bits per heavy atom. The second kappa shape index (κ2) is 10.7. The zero-order valence-corrected chi connectivity index (χ0v) is 17.3. The molecule has 0 bridgehead atoms. The number of amides is 2. The van der Waals surface area contributed by atoms with Crippen LogP contribution in [-0.2, 0) is 25.5 Å². The van der Waals surface area contributed by atoms with Crippen molar-refractivity contribution < 1.29 is 28.6 Å².